The zero-order chi connectivity index (χ0) is 29.0. The van der Waals surface area contributed by atoms with Crippen LogP contribution in [0, 0.1) is 0 Å². The van der Waals surface area contributed by atoms with Crippen molar-refractivity contribution in [3.05, 3.63) is 157 Å². The average Bonchev–Trinajstić information content (AvgIpc) is 3.30. The van der Waals surface area contributed by atoms with E-state index in [1.807, 2.05) is 18.2 Å². The molecule has 1 aliphatic carbocycles. The molecule has 8 rings (SSSR count). The number of aromatic nitrogens is 2. The van der Waals surface area contributed by atoms with Crippen LogP contribution in [0.5, 0.6) is 0 Å². The number of benzene rings is 6. The molecule has 0 spiro atoms. The lowest BCUT2D eigenvalue weighted by Crippen LogP contribution is -2.14. The Bertz CT molecular complexity index is 2160. The molecule has 2 nitrogen and oxygen atoms in total. The first-order valence-corrected chi connectivity index (χ1v) is 14.8. The normalized spacial score (nSPS) is 13.1. The van der Waals surface area contributed by atoms with Gasteiger partial charge in [0.2, 0.25) is 0 Å². The molecule has 1 heterocycles. The number of para-hydroxylation sites is 1. The molecule has 1 aromatic heterocycles. The van der Waals surface area contributed by atoms with Gasteiger partial charge in [-0.3, -0.25) is 0 Å². The van der Waals surface area contributed by atoms with E-state index in [9.17, 15) is 0 Å². The van der Waals surface area contributed by atoms with Gasteiger partial charge in [-0.2, -0.15) is 0 Å². The van der Waals surface area contributed by atoms with Crippen molar-refractivity contribution >= 4 is 10.9 Å². The summed E-state index contributed by atoms with van der Waals surface area (Å²) in [6.07, 6.45) is 0. The fraction of sp³-hybridized carbons (Fsp3) is 0.0732. The van der Waals surface area contributed by atoms with E-state index in [0.29, 0.717) is 0 Å². The van der Waals surface area contributed by atoms with Crippen LogP contribution in [0.15, 0.2) is 146 Å². The zero-order valence-corrected chi connectivity index (χ0v) is 24.3. The third kappa shape index (κ3) is 4.26. The van der Waals surface area contributed by atoms with Crippen molar-refractivity contribution in [3.8, 4) is 56.0 Å². The molecule has 0 bridgehead atoms. The number of fused-ring (bicyclic) bond motifs is 4. The van der Waals surface area contributed by atoms with Crippen molar-refractivity contribution in [2.24, 2.45) is 0 Å². The van der Waals surface area contributed by atoms with E-state index < -0.39 is 0 Å². The maximum absolute atomic E-state index is 5.09. The SMILES string of the molecule is CC1(C)c2ccccc2-c2ccc(-c3cccc(-c4cccc(-c5nc(-c6ccccc6)c6ccccc6n5)c4)c3)cc21. The van der Waals surface area contributed by atoms with Crippen LogP contribution >= 0.6 is 0 Å². The lowest BCUT2D eigenvalue weighted by Gasteiger charge is -2.22. The summed E-state index contributed by atoms with van der Waals surface area (Å²) in [5.41, 5.74) is 14.2. The molecule has 0 radical (unpaired) electrons. The number of hydrogen-bond acceptors (Lipinski definition) is 2. The standard InChI is InChI=1S/C41H30N2/c1-41(2)36-20-8-6-18-33(36)34-23-22-31(26-37(34)41)29-15-10-14-28(24-29)30-16-11-17-32(25-30)40-42-38-21-9-7-19-35(38)39(43-40)27-12-4-3-5-13-27/h3-26H,1-2H3. The lowest BCUT2D eigenvalue weighted by molar-refractivity contribution is 0.660. The van der Waals surface area contributed by atoms with Gasteiger partial charge >= 0.3 is 0 Å². The second kappa shape index (κ2) is 9.89. The Morgan fingerprint density at radius 3 is 1.79 bits per heavy atom. The molecule has 2 heteroatoms. The summed E-state index contributed by atoms with van der Waals surface area (Å²) in [4.78, 5) is 10.1. The first-order valence-electron chi connectivity index (χ1n) is 14.8. The topological polar surface area (TPSA) is 25.8 Å². The van der Waals surface area contributed by atoms with Gasteiger partial charge in [0.05, 0.1) is 11.2 Å². The summed E-state index contributed by atoms with van der Waals surface area (Å²) >= 11 is 0. The highest BCUT2D eigenvalue weighted by atomic mass is 14.9. The van der Waals surface area contributed by atoms with E-state index in [-0.39, 0.29) is 5.41 Å². The molecule has 0 atom stereocenters. The quantitative estimate of drug-likeness (QED) is 0.218. The van der Waals surface area contributed by atoms with Gasteiger partial charge in [-0.15, -0.1) is 0 Å². The van der Waals surface area contributed by atoms with Crippen LogP contribution in [0.4, 0.5) is 0 Å². The molecular weight excluding hydrogens is 520 g/mol. The van der Waals surface area contributed by atoms with Crippen molar-refractivity contribution in [3.63, 3.8) is 0 Å². The summed E-state index contributed by atoms with van der Waals surface area (Å²) in [5.74, 6) is 0.732. The molecule has 0 fully saturated rings. The summed E-state index contributed by atoms with van der Waals surface area (Å²) < 4.78 is 0. The van der Waals surface area contributed by atoms with Crippen molar-refractivity contribution in [1.29, 1.82) is 0 Å². The van der Waals surface area contributed by atoms with Crippen LogP contribution in [-0.4, -0.2) is 9.97 Å². The van der Waals surface area contributed by atoms with Crippen molar-refractivity contribution in [2.45, 2.75) is 19.3 Å². The van der Waals surface area contributed by atoms with Gasteiger partial charge in [-0.25, -0.2) is 9.97 Å². The lowest BCUT2D eigenvalue weighted by atomic mass is 9.81. The van der Waals surface area contributed by atoms with Crippen LogP contribution in [0.3, 0.4) is 0 Å². The van der Waals surface area contributed by atoms with Gasteiger partial charge in [0, 0.05) is 21.9 Å². The second-order valence-corrected chi connectivity index (χ2v) is 11.9. The Balaban J connectivity index is 1.19. The fourth-order valence-corrected chi connectivity index (χ4v) is 6.62. The fourth-order valence-electron chi connectivity index (χ4n) is 6.62. The van der Waals surface area contributed by atoms with Crippen LogP contribution in [0.25, 0.3) is 66.9 Å². The predicted molar refractivity (Wildman–Crippen MR) is 179 cm³/mol. The molecule has 204 valence electrons. The van der Waals surface area contributed by atoms with E-state index >= 15 is 0 Å². The summed E-state index contributed by atoms with van der Waals surface area (Å²) in [5, 5.41) is 1.06. The minimum Gasteiger partial charge on any atom is -0.228 e. The highest BCUT2D eigenvalue weighted by Crippen LogP contribution is 2.49. The Morgan fingerprint density at radius 1 is 0.419 bits per heavy atom. The van der Waals surface area contributed by atoms with Crippen molar-refractivity contribution < 1.29 is 0 Å². The Hall–Kier alpha value is -5.34. The number of nitrogens with zero attached hydrogens (tertiary/aromatic N) is 2. The monoisotopic (exact) mass is 550 g/mol. The number of hydrogen-bond donors (Lipinski definition) is 0. The third-order valence-corrected chi connectivity index (χ3v) is 8.88. The van der Waals surface area contributed by atoms with Crippen LogP contribution in [0.2, 0.25) is 0 Å². The van der Waals surface area contributed by atoms with Crippen LogP contribution in [-0.2, 0) is 5.41 Å². The Kier molecular flexibility index (Phi) is 5.84. The van der Waals surface area contributed by atoms with E-state index in [4.69, 9.17) is 9.97 Å². The van der Waals surface area contributed by atoms with Crippen molar-refractivity contribution in [1.82, 2.24) is 9.97 Å². The van der Waals surface area contributed by atoms with E-state index in [1.165, 1.54) is 38.9 Å². The maximum atomic E-state index is 5.09. The predicted octanol–water partition coefficient (Wildman–Crippen LogP) is 10.6. The molecule has 0 aliphatic heterocycles. The van der Waals surface area contributed by atoms with E-state index in [1.54, 1.807) is 0 Å². The molecule has 0 saturated heterocycles. The maximum Gasteiger partial charge on any atom is 0.160 e. The molecule has 0 unspecified atom stereocenters. The van der Waals surface area contributed by atoms with Crippen LogP contribution in [0.1, 0.15) is 25.0 Å². The van der Waals surface area contributed by atoms with Gasteiger partial charge in [0.1, 0.15) is 0 Å². The van der Waals surface area contributed by atoms with Crippen molar-refractivity contribution in [2.75, 3.05) is 0 Å². The van der Waals surface area contributed by atoms with Gasteiger partial charge < -0.3 is 0 Å². The number of rotatable bonds is 4. The first-order chi connectivity index (χ1) is 21.1. The van der Waals surface area contributed by atoms with Gasteiger partial charge in [0.25, 0.3) is 0 Å². The molecule has 1 aliphatic rings. The smallest absolute Gasteiger partial charge is 0.160 e. The molecule has 0 saturated carbocycles. The first kappa shape index (κ1) is 25.4. The Labute approximate surface area is 252 Å². The minimum absolute atomic E-state index is 0.0215. The van der Waals surface area contributed by atoms with Gasteiger partial charge in [-0.05, 0) is 68.8 Å². The molecular formula is C41H30N2. The highest BCUT2D eigenvalue weighted by molar-refractivity contribution is 5.94. The summed E-state index contributed by atoms with van der Waals surface area (Å²) in [7, 11) is 0. The molecule has 0 amide bonds. The molecule has 0 N–H and O–H groups in total. The largest absolute Gasteiger partial charge is 0.228 e. The molecule has 6 aromatic carbocycles. The Morgan fingerprint density at radius 2 is 1.00 bits per heavy atom. The van der Waals surface area contributed by atoms with Crippen LogP contribution < -0.4 is 0 Å². The molecule has 7 aromatic rings. The zero-order valence-electron chi connectivity index (χ0n) is 24.3. The summed E-state index contributed by atoms with van der Waals surface area (Å²) in [6.45, 7) is 4.67. The average molecular weight is 551 g/mol. The summed E-state index contributed by atoms with van der Waals surface area (Å²) in [6, 6.07) is 51.8. The molecule has 43 heavy (non-hydrogen) atoms. The highest BCUT2D eigenvalue weighted by Gasteiger charge is 2.35. The minimum atomic E-state index is -0.0215. The van der Waals surface area contributed by atoms with E-state index in [0.717, 1.165) is 39.1 Å². The van der Waals surface area contributed by atoms with Gasteiger partial charge in [0.15, 0.2) is 5.82 Å². The second-order valence-electron chi connectivity index (χ2n) is 11.9. The van der Waals surface area contributed by atoms with Gasteiger partial charge in [-0.1, -0.05) is 135 Å². The van der Waals surface area contributed by atoms with E-state index in [2.05, 4.69) is 141 Å². The third-order valence-electron chi connectivity index (χ3n) is 8.88.